The molecule has 6 nitrogen and oxygen atoms in total. The molecule has 2 amide bonds. The second-order valence-electron chi connectivity index (χ2n) is 4.73. The van der Waals surface area contributed by atoms with Crippen LogP contribution in [-0.2, 0) is 20.1 Å². The van der Waals surface area contributed by atoms with E-state index in [1.807, 2.05) is 42.8 Å². The van der Waals surface area contributed by atoms with E-state index in [1.54, 1.807) is 13.3 Å². The van der Waals surface area contributed by atoms with Gasteiger partial charge in [-0.2, -0.15) is 0 Å². The number of amides is 2. The fourth-order valence-electron chi connectivity index (χ4n) is 2.00. The molecular formula is C15H20N4O2. The Balaban J connectivity index is 1.84. The number of pyridine rings is 1. The summed E-state index contributed by atoms with van der Waals surface area (Å²) < 4.78 is 7.19. The maximum absolute atomic E-state index is 11.8. The molecule has 0 saturated heterocycles. The number of hydrogen-bond acceptors (Lipinski definition) is 3. The van der Waals surface area contributed by atoms with Crippen LogP contribution < -0.4 is 15.4 Å². The highest BCUT2D eigenvalue weighted by molar-refractivity contribution is 5.73. The van der Waals surface area contributed by atoms with Gasteiger partial charge in [0.05, 0.1) is 13.7 Å². The van der Waals surface area contributed by atoms with Crippen LogP contribution in [0.1, 0.15) is 17.0 Å². The van der Waals surface area contributed by atoms with Crippen LogP contribution in [0.15, 0.2) is 30.5 Å². The van der Waals surface area contributed by atoms with E-state index in [4.69, 9.17) is 4.74 Å². The van der Waals surface area contributed by atoms with Crippen molar-refractivity contribution >= 4 is 6.03 Å². The zero-order valence-corrected chi connectivity index (χ0v) is 12.5. The SMILES string of the molecule is COc1ncccc1CNC(=O)NCc1ccc(C)n1C. The van der Waals surface area contributed by atoms with E-state index in [0.29, 0.717) is 19.0 Å². The molecule has 2 aromatic heterocycles. The number of carbonyl (C=O) groups excluding carboxylic acids is 1. The number of carbonyl (C=O) groups is 1. The van der Waals surface area contributed by atoms with Gasteiger partial charge in [-0.1, -0.05) is 6.07 Å². The van der Waals surface area contributed by atoms with Crippen molar-refractivity contribution in [1.29, 1.82) is 0 Å². The Labute approximate surface area is 124 Å². The number of urea groups is 1. The Morgan fingerprint density at radius 2 is 2.05 bits per heavy atom. The summed E-state index contributed by atoms with van der Waals surface area (Å²) in [5.74, 6) is 0.524. The summed E-state index contributed by atoms with van der Waals surface area (Å²) in [6.07, 6.45) is 1.65. The summed E-state index contributed by atoms with van der Waals surface area (Å²) in [6, 6.07) is 7.48. The third-order valence-electron chi connectivity index (χ3n) is 3.39. The van der Waals surface area contributed by atoms with Gasteiger partial charge in [-0.15, -0.1) is 0 Å². The predicted molar refractivity (Wildman–Crippen MR) is 80.0 cm³/mol. The zero-order valence-electron chi connectivity index (χ0n) is 12.5. The van der Waals surface area contributed by atoms with E-state index in [0.717, 1.165) is 17.0 Å². The van der Waals surface area contributed by atoms with Gasteiger partial charge in [0.2, 0.25) is 5.88 Å². The number of ether oxygens (including phenoxy) is 1. The molecular weight excluding hydrogens is 268 g/mol. The highest BCUT2D eigenvalue weighted by Crippen LogP contribution is 2.12. The highest BCUT2D eigenvalue weighted by atomic mass is 16.5. The lowest BCUT2D eigenvalue weighted by Crippen LogP contribution is -2.35. The highest BCUT2D eigenvalue weighted by Gasteiger charge is 2.07. The van der Waals surface area contributed by atoms with Crippen LogP contribution in [-0.4, -0.2) is 22.7 Å². The van der Waals surface area contributed by atoms with Crippen LogP contribution in [0.3, 0.4) is 0 Å². The van der Waals surface area contributed by atoms with Crippen LogP contribution >= 0.6 is 0 Å². The van der Waals surface area contributed by atoms with Crippen molar-refractivity contribution in [1.82, 2.24) is 20.2 Å². The Bertz CT molecular complexity index is 622. The first-order chi connectivity index (χ1) is 10.1. The molecule has 0 spiro atoms. The van der Waals surface area contributed by atoms with Crippen LogP contribution in [0.2, 0.25) is 0 Å². The van der Waals surface area contributed by atoms with Gasteiger partial charge < -0.3 is 19.9 Å². The minimum Gasteiger partial charge on any atom is -0.481 e. The predicted octanol–water partition coefficient (Wildman–Crippen LogP) is 1.74. The molecule has 0 aliphatic rings. The minimum atomic E-state index is -0.222. The molecule has 0 radical (unpaired) electrons. The standard InChI is InChI=1S/C15H20N4O2/c1-11-6-7-13(19(11)2)10-18-15(20)17-9-12-5-4-8-16-14(12)21-3/h4-8H,9-10H2,1-3H3,(H2,17,18,20). The van der Waals surface area contributed by atoms with Gasteiger partial charge in [0.1, 0.15) is 0 Å². The van der Waals surface area contributed by atoms with Crippen molar-refractivity contribution in [2.75, 3.05) is 7.11 Å². The minimum absolute atomic E-state index is 0.222. The number of methoxy groups -OCH3 is 1. The largest absolute Gasteiger partial charge is 0.481 e. The molecule has 2 rings (SSSR count). The van der Waals surface area contributed by atoms with E-state index in [9.17, 15) is 4.79 Å². The van der Waals surface area contributed by atoms with Gasteiger partial charge in [0, 0.05) is 36.7 Å². The van der Waals surface area contributed by atoms with Gasteiger partial charge in [-0.05, 0) is 25.1 Å². The molecule has 0 atom stereocenters. The smallest absolute Gasteiger partial charge is 0.315 e. The van der Waals surface area contributed by atoms with E-state index in [-0.39, 0.29) is 6.03 Å². The summed E-state index contributed by atoms with van der Waals surface area (Å²) in [5.41, 5.74) is 3.05. The van der Waals surface area contributed by atoms with E-state index < -0.39 is 0 Å². The van der Waals surface area contributed by atoms with Crippen molar-refractivity contribution in [3.63, 3.8) is 0 Å². The second kappa shape index (κ2) is 6.78. The van der Waals surface area contributed by atoms with Crippen molar-refractivity contribution in [3.8, 4) is 5.88 Å². The zero-order chi connectivity index (χ0) is 15.2. The molecule has 0 aromatic carbocycles. The van der Waals surface area contributed by atoms with Crippen molar-refractivity contribution in [3.05, 3.63) is 47.4 Å². The van der Waals surface area contributed by atoms with Crippen LogP contribution in [0.25, 0.3) is 0 Å². The second-order valence-corrected chi connectivity index (χ2v) is 4.73. The first-order valence-corrected chi connectivity index (χ1v) is 6.72. The summed E-state index contributed by atoms with van der Waals surface area (Å²) in [4.78, 5) is 15.9. The molecule has 0 aliphatic heterocycles. The molecule has 2 N–H and O–H groups in total. The third-order valence-corrected chi connectivity index (χ3v) is 3.39. The molecule has 0 bridgehead atoms. The molecule has 2 aromatic rings. The number of rotatable bonds is 5. The van der Waals surface area contributed by atoms with E-state index in [1.165, 1.54) is 0 Å². The fraction of sp³-hybridized carbons (Fsp3) is 0.333. The maximum Gasteiger partial charge on any atom is 0.315 e. The lowest BCUT2D eigenvalue weighted by molar-refractivity contribution is 0.239. The summed E-state index contributed by atoms with van der Waals surface area (Å²) in [6.45, 7) is 2.88. The van der Waals surface area contributed by atoms with Crippen molar-refractivity contribution < 1.29 is 9.53 Å². The Morgan fingerprint density at radius 3 is 2.71 bits per heavy atom. The molecule has 0 unspecified atom stereocenters. The molecule has 0 saturated carbocycles. The topological polar surface area (TPSA) is 68.2 Å². The number of aromatic nitrogens is 2. The molecule has 2 heterocycles. The average Bonchev–Trinajstić information content (AvgIpc) is 2.82. The first kappa shape index (κ1) is 14.9. The van der Waals surface area contributed by atoms with E-state index in [2.05, 4.69) is 15.6 Å². The van der Waals surface area contributed by atoms with Crippen LogP contribution in [0.5, 0.6) is 5.88 Å². The van der Waals surface area contributed by atoms with Crippen molar-refractivity contribution in [2.24, 2.45) is 7.05 Å². The molecule has 0 aliphatic carbocycles. The van der Waals surface area contributed by atoms with Crippen molar-refractivity contribution in [2.45, 2.75) is 20.0 Å². The maximum atomic E-state index is 11.8. The summed E-state index contributed by atoms with van der Waals surface area (Å²) >= 11 is 0. The number of aryl methyl sites for hydroxylation is 1. The lowest BCUT2D eigenvalue weighted by Gasteiger charge is -2.10. The quantitative estimate of drug-likeness (QED) is 0.880. The van der Waals surface area contributed by atoms with Crippen LogP contribution in [0, 0.1) is 6.92 Å². The molecule has 21 heavy (non-hydrogen) atoms. The third kappa shape index (κ3) is 3.75. The number of hydrogen-bond donors (Lipinski definition) is 2. The number of nitrogens with zero attached hydrogens (tertiary/aromatic N) is 2. The van der Waals surface area contributed by atoms with Gasteiger partial charge in [0.25, 0.3) is 0 Å². The van der Waals surface area contributed by atoms with E-state index >= 15 is 0 Å². The van der Waals surface area contributed by atoms with Crippen LogP contribution in [0.4, 0.5) is 4.79 Å². The molecule has 6 heteroatoms. The monoisotopic (exact) mass is 288 g/mol. The Morgan fingerprint density at radius 1 is 1.29 bits per heavy atom. The molecule has 112 valence electrons. The summed E-state index contributed by atoms with van der Waals surface area (Å²) in [5, 5.41) is 5.62. The van der Waals surface area contributed by atoms with Gasteiger partial charge in [-0.25, -0.2) is 9.78 Å². The van der Waals surface area contributed by atoms with Gasteiger partial charge in [0.15, 0.2) is 0 Å². The van der Waals surface area contributed by atoms with Gasteiger partial charge in [-0.3, -0.25) is 0 Å². The molecule has 0 fully saturated rings. The Kier molecular flexibility index (Phi) is 4.81. The fourth-order valence-corrected chi connectivity index (χ4v) is 2.00. The lowest BCUT2D eigenvalue weighted by atomic mass is 10.3. The Hall–Kier alpha value is -2.50. The van der Waals surface area contributed by atoms with Gasteiger partial charge >= 0.3 is 6.03 Å². The number of nitrogens with one attached hydrogen (secondary N) is 2. The average molecular weight is 288 g/mol. The normalized spacial score (nSPS) is 10.2. The first-order valence-electron chi connectivity index (χ1n) is 6.72. The summed E-state index contributed by atoms with van der Waals surface area (Å²) in [7, 11) is 3.54.